The summed E-state index contributed by atoms with van der Waals surface area (Å²) < 4.78 is 12.5. The van der Waals surface area contributed by atoms with Gasteiger partial charge in [0.25, 0.3) is 5.91 Å². The minimum absolute atomic E-state index is 0.172. The van der Waals surface area contributed by atoms with Crippen molar-refractivity contribution in [1.82, 2.24) is 29.7 Å². The third-order valence-corrected chi connectivity index (χ3v) is 7.07. The largest absolute Gasteiger partial charge is 0.495 e. The number of amides is 2. The second-order valence-corrected chi connectivity index (χ2v) is 9.80. The van der Waals surface area contributed by atoms with Gasteiger partial charge in [0.15, 0.2) is 0 Å². The van der Waals surface area contributed by atoms with Crippen molar-refractivity contribution < 1.29 is 19.1 Å². The Kier molecular flexibility index (Phi) is 7.96. The Morgan fingerprint density at radius 2 is 2.08 bits per heavy atom. The number of carbonyl (C=O) groups is 2. The van der Waals surface area contributed by atoms with E-state index < -0.39 is 12.1 Å². The minimum atomic E-state index is -0.764. The van der Waals surface area contributed by atoms with E-state index in [1.165, 1.54) is 0 Å². The zero-order valence-electron chi connectivity index (χ0n) is 20.7. The molecule has 2 aliphatic rings. The third kappa shape index (κ3) is 5.69. The van der Waals surface area contributed by atoms with E-state index in [9.17, 15) is 9.59 Å². The van der Waals surface area contributed by atoms with Crippen molar-refractivity contribution in [3.05, 3.63) is 58.7 Å². The molecular weight excluding hydrogens is 533 g/mol. The van der Waals surface area contributed by atoms with Crippen LogP contribution in [-0.2, 0) is 20.9 Å². The van der Waals surface area contributed by atoms with Gasteiger partial charge in [-0.05, 0) is 30.5 Å². The fraction of sp³-hybridized carbons (Fsp3) is 0.400. The van der Waals surface area contributed by atoms with Crippen LogP contribution in [0.4, 0.5) is 5.82 Å². The Labute approximate surface area is 229 Å². The second kappa shape index (κ2) is 11.5. The molecule has 0 saturated carbocycles. The van der Waals surface area contributed by atoms with Crippen LogP contribution in [0.2, 0.25) is 10.2 Å². The summed E-state index contributed by atoms with van der Waals surface area (Å²) in [4.78, 5) is 43.3. The van der Waals surface area contributed by atoms with Crippen molar-refractivity contribution in [3.63, 3.8) is 0 Å². The lowest BCUT2D eigenvalue weighted by molar-refractivity contribution is -0.148. The monoisotopic (exact) mass is 559 g/mol. The summed E-state index contributed by atoms with van der Waals surface area (Å²) in [5.41, 5.74) is 0.807. The quantitative estimate of drug-likeness (QED) is 0.439. The summed E-state index contributed by atoms with van der Waals surface area (Å²) >= 11 is 12.6. The average Bonchev–Trinajstić information content (AvgIpc) is 3.66. The van der Waals surface area contributed by atoms with E-state index in [1.54, 1.807) is 53.5 Å². The fourth-order valence-electron chi connectivity index (χ4n) is 4.61. The van der Waals surface area contributed by atoms with Gasteiger partial charge in [-0.2, -0.15) is 4.98 Å². The first kappa shape index (κ1) is 26.2. The van der Waals surface area contributed by atoms with Gasteiger partial charge in [-0.15, -0.1) is 0 Å². The number of aromatic nitrogens is 4. The molecule has 0 bridgehead atoms. The van der Waals surface area contributed by atoms with E-state index in [1.807, 2.05) is 11.0 Å². The highest BCUT2D eigenvalue weighted by Gasteiger charge is 2.39. The maximum absolute atomic E-state index is 13.5. The first-order chi connectivity index (χ1) is 18.4. The number of carbonyl (C=O) groups excluding carboxylic acids is 2. The molecule has 0 spiro atoms. The Balaban J connectivity index is 1.36. The van der Waals surface area contributed by atoms with Crippen molar-refractivity contribution in [2.75, 3.05) is 38.3 Å². The maximum atomic E-state index is 13.5. The summed E-state index contributed by atoms with van der Waals surface area (Å²) in [5, 5.41) is 3.66. The molecule has 3 aromatic rings. The average molecular weight is 560 g/mol. The Hall–Kier alpha value is -3.41. The Morgan fingerprint density at radius 1 is 1.21 bits per heavy atom. The molecule has 2 aromatic heterocycles. The highest BCUT2D eigenvalue weighted by Crippen LogP contribution is 2.26. The SMILES string of the molecule is COc1ccc(CNC(=O)C2CN(c3cc(Cl)nc(-n4ccnc4)n3)CCN2C(=O)C2CCCO2)cc1Cl. The molecule has 2 aliphatic heterocycles. The molecule has 5 rings (SSSR count). The molecule has 1 N–H and O–H groups in total. The fourth-order valence-corrected chi connectivity index (χ4v) is 5.07. The van der Waals surface area contributed by atoms with Crippen LogP contribution in [0.1, 0.15) is 18.4 Å². The summed E-state index contributed by atoms with van der Waals surface area (Å²) in [6, 6.07) is 6.20. The predicted molar refractivity (Wildman–Crippen MR) is 141 cm³/mol. The number of nitrogens with zero attached hydrogens (tertiary/aromatic N) is 6. The molecule has 200 valence electrons. The van der Waals surface area contributed by atoms with Gasteiger partial charge < -0.3 is 24.6 Å². The highest BCUT2D eigenvalue weighted by atomic mass is 35.5. The number of piperazine rings is 1. The first-order valence-electron chi connectivity index (χ1n) is 12.2. The summed E-state index contributed by atoms with van der Waals surface area (Å²) in [6.45, 7) is 1.80. The van der Waals surface area contributed by atoms with Crippen LogP contribution in [0.5, 0.6) is 5.75 Å². The molecule has 4 heterocycles. The van der Waals surface area contributed by atoms with Crippen LogP contribution in [0, 0.1) is 0 Å². The van der Waals surface area contributed by atoms with Crippen LogP contribution in [0.25, 0.3) is 5.95 Å². The maximum Gasteiger partial charge on any atom is 0.252 e. The van der Waals surface area contributed by atoms with Gasteiger partial charge in [-0.3, -0.25) is 14.2 Å². The van der Waals surface area contributed by atoms with Crippen LogP contribution in [0.15, 0.2) is 43.0 Å². The summed E-state index contributed by atoms with van der Waals surface area (Å²) in [5.74, 6) is 1.01. The van der Waals surface area contributed by atoms with Crippen LogP contribution in [-0.4, -0.2) is 81.7 Å². The second-order valence-electron chi connectivity index (χ2n) is 9.00. The molecule has 13 heteroatoms. The van der Waals surface area contributed by atoms with E-state index in [0.29, 0.717) is 48.7 Å². The molecule has 2 fully saturated rings. The smallest absolute Gasteiger partial charge is 0.252 e. The zero-order chi connectivity index (χ0) is 26.6. The molecule has 38 heavy (non-hydrogen) atoms. The molecule has 2 unspecified atom stereocenters. The third-order valence-electron chi connectivity index (χ3n) is 6.58. The van der Waals surface area contributed by atoms with Gasteiger partial charge in [0, 0.05) is 51.2 Å². The highest BCUT2D eigenvalue weighted by molar-refractivity contribution is 6.32. The molecule has 2 amide bonds. The zero-order valence-corrected chi connectivity index (χ0v) is 22.2. The number of halogens is 2. The van der Waals surface area contributed by atoms with Crippen molar-refractivity contribution >= 4 is 40.8 Å². The summed E-state index contributed by atoms with van der Waals surface area (Å²) in [7, 11) is 1.54. The molecule has 0 aliphatic carbocycles. The lowest BCUT2D eigenvalue weighted by Crippen LogP contribution is -2.62. The van der Waals surface area contributed by atoms with Crippen LogP contribution in [0.3, 0.4) is 0 Å². The molecule has 1 aromatic carbocycles. The molecular formula is C25H27Cl2N7O4. The predicted octanol–water partition coefficient (Wildman–Crippen LogP) is 2.49. The van der Waals surface area contributed by atoms with E-state index in [-0.39, 0.29) is 30.1 Å². The van der Waals surface area contributed by atoms with Crippen LogP contribution >= 0.6 is 23.2 Å². The standard InChI is InChI=1S/C25H27Cl2N7O4/c1-37-19-5-4-16(11-17(19)26)13-29-23(35)18-14-32(8-9-34(18)24(36)20-3-2-10-38-20)22-12-21(27)30-25(31-22)33-7-6-28-15-33/h4-7,11-12,15,18,20H,2-3,8-10,13-14H2,1H3,(H,29,35). The van der Waals surface area contributed by atoms with Crippen molar-refractivity contribution in [2.24, 2.45) is 0 Å². The number of nitrogens with one attached hydrogen (secondary N) is 1. The normalized spacial score (nSPS) is 19.4. The van der Waals surface area contributed by atoms with E-state index in [4.69, 9.17) is 32.7 Å². The number of imidazole rings is 1. The van der Waals surface area contributed by atoms with Gasteiger partial charge >= 0.3 is 0 Å². The van der Waals surface area contributed by atoms with Gasteiger partial charge in [-0.25, -0.2) is 9.97 Å². The molecule has 11 nitrogen and oxygen atoms in total. The number of ether oxygens (including phenoxy) is 2. The van der Waals surface area contributed by atoms with E-state index >= 15 is 0 Å². The molecule has 0 radical (unpaired) electrons. The Morgan fingerprint density at radius 3 is 2.79 bits per heavy atom. The van der Waals surface area contributed by atoms with Crippen molar-refractivity contribution in [2.45, 2.75) is 31.5 Å². The van der Waals surface area contributed by atoms with Gasteiger partial charge in [-0.1, -0.05) is 29.3 Å². The van der Waals surface area contributed by atoms with Gasteiger partial charge in [0.2, 0.25) is 11.9 Å². The van der Waals surface area contributed by atoms with Gasteiger partial charge in [0.1, 0.15) is 35.2 Å². The number of rotatable bonds is 7. The lowest BCUT2D eigenvalue weighted by Gasteiger charge is -2.41. The number of methoxy groups -OCH3 is 1. The lowest BCUT2D eigenvalue weighted by atomic mass is 10.1. The summed E-state index contributed by atoms with van der Waals surface area (Å²) in [6.07, 6.45) is 5.86. The topological polar surface area (TPSA) is 115 Å². The number of hydrogen-bond acceptors (Lipinski definition) is 8. The first-order valence-corrected chi connectivity index (χ1v) is 13.0. The number of hydrogen-bond donors (Lipinski definition) is 1. The molecule has 2 atom stereocenters. The van der Waals surface area contributed by atoms with Crippen LogP contribution < -0.4 is 15.0 Å². The van der Waals surface area contributed by atoms with Crippen molar-refractivity contribution in [3.8, 4) is 11.7 Å². The van der Waals surface area contributed by atoms with Gasteiger partial charge in [0.05, 0.1) is 12.1 Å². The Bertz CT molecular complexity index is 1300. The number of anilines is 1. The number of benzene rings is 1. The molecule has 2 saturated heterocycles. The van der Waals surface area contributed by atoms with Crippen molar-refractivity contribution in [1.29, 1.82) is 0 Å². The minimum Gasteiger partial charge on any atom is -0.495 e. The van der Waals surface area contributed by atoms with E-state index in [2.05, 4.69) is 20.3 Å². The van der Waals surface area contributed by atoms with E-state index in [0.717, 1.165) is 12.0 Å².